The third kappa shape index (κ3) is 6.17. The third-order valence-electron chi connectivity index (χ3n) is 4.81. The first-order valence-corrected chi connectivity index (χ1v) is 10.3. The van der Waals surface area contributed by atoms with E-state index in [4.69, 9.17) is 4.74 Å². The van der Waals surface area contributed by atoms with Gasteiger partial charge in [0.1, 0.15) is 18.1 Å². The third-order valence-corrected chi connectivity index (χ3v) is 4.81. The summed E-state index contributed by atoms with van der Waals surface area (Å²) in [6.07, 6.45) is -0.327. The first-order chi connectivity index (χ1) is 15.5. The molecule has 1 amide bonds. The van der Waals surface area contributed by atoms with Crippen molar-refractivity contribution >= 4 is 11.9 Å². The van der Waals surface area contributed by atoms with Crippen LogP contribution in [0.4, 0.5) is 4.39 Å². The first kappa shape index (κ1) is 23.9. The van der Waals surface area contributed by atoms with E-state index in [9.17, 15) is 24.2 Å². The van der Waals surface area contributed by atoms with Crippen molar-refractivity contribution < 1.29 is 28.9 Å². The lowest BCUT2D eigenvalue weighted by atomic mass is 9.98. The van der Waals surface area contributed by atoms with Crippen LogP contribution in [0.25, 0.3) is 5.69 Å². The van der Waals surface area contributed by atoms with E-state index in [0.717, 1.165) is 10.2 Å². The number of carbonyl (C=O) groups excluding carboxylic acids is 1. The smallest absolute Gasteiger partial charge is 0.305 e. The van der Waals surface area contributed by atoms with Gasteiger partial charge in [-0.3, -0.25) is 9.59 Å². The molecule has 3 rings (SSSR count). The number of carboxylic acids is 1. The molecule has 8 nitrogen and oxygen atoms in total. The van der Waals surface area contributed by atoms with E-state index in [2.05, 4.69) is 10.4 Å². The molecule has 0 saturated carbocycles. The summed E-state index contributed by atoms with van der Waals surface area (Å²) in [5.41, 5.74) is 0.288. The number of carbonyl (C=O) groups is 2. The van der Waals surface area contributed by atoms with Crippen LogP contribution in [0, 0.1) is 12.7 Å². The van der Waals surface area contributed by atoms with E-state index in [-0.39, 0.29) is 30.3 Å². The molecule has 174 valence electrons. The highest BCUT2D eigenvalue weighted by molar-refractivity contribution is 5.93. The number of halogens is 1. The fourth-order valence-electron chi connectivity index (χ4n) is 3.25. The lowest BCUT2D eigenvalue weighted by Gasteiger charge is -2.18. The Bertz CT molecular complexity index is 1150. The number of aryl methyl sites for hydroxylation is 1. The summed E-state index contributed by atoms with van der Waals surface area (Å²) in [6.45, 7) is 4.79. The zero-order valence-corrected chi connectivity index (χ0v) is 18.6. The van der Waals surface area contributed by atoms with Gasteiger partial charge in [-0.1, -0.05) is 36.4 Å². The average Bonchev–Trinajstić information content (AvgIpc) is 3.16. The summed E-state index contributed by atoms with van der Waals surface area (Å²) in [5.74, 6) is -2.25. The Kier molecular flexibility index (Phi) is 7.13. The van der Waals surface area contributed by atoms with Crippen LogP contribution >= 0.6 is 0 Å². The number of hydrogen-bond acceptors (Lipinski definition) is 5. The highest BCUT2D eigenvalue weighted by Gasteiger charge is 2.25. The van der Waals surface area contributed by atoms with Crippen molar-refractivity contribution in [2.24, 2.45) is 0 Å². The molecule has 9 heteroatoms. The number of rotatable bonds is 9. The molecule has 0 radical (unpaired) electrons. The molecule has 0 fully saturated rings. The van der Waals surface area contributed by atoms with Crippen molar-refractivity contribution in [3.05, 3.63) is 77.2 Å². The summed E-state index contributed by atoms with van der Waals surface area (Å²) in [6, 6.07) is 13.5. The van der Waals surface area contributed by atoms with Gasteiger partial charge < -0.3 is 20.3 Å². The van der Waals surface area contributed by atoms with Gasteiger partial charge >= 0.3 is 5.97 Å². The Morgan fingerprint density at radius 3 is 2.48 bits per heavy atom. The number of nitrogens with one attached hydrogen (secondary N) is 1. The standard InChI is InChI=1S/C24H26FN3O5/c1-15-8-4-5-9-16(15)18(13-22(29)30)26-23(31)19-12-21(33-14-24(2,3)32)28(27-19)20-11-7-6-10-17(20)25/h4-12,18,32H,13-14H2,1-3H3,(H,26,31)(H,29,30)/t18-/m0/s1. The minimum atomic E-state index is -1.18. The SMILES string of the molecule is Cc1ccccc1[C@H](CC(=O)O)NC(=O)c1cc(OCC(C)(C)O)n(-c2ccccc2F)n1. The van der Waals surface area contributed by atoms with E-state index in [1.54, 1.807) is 32.0 Å². The molecule has 3 aromatic rings. The number of amides is 1. The van der Waals surface area contributed by atoms with Gasteiger partial charge in [-0.15, -0.1) is 0 Å². The number of benzene rings is 2. The van der Waals surface area contributed by atoms with E-state index in [0.29, 0.717) is 5.56 Å². The van der Waals surface area contributed by atoms with Crippen LogP contribution < -0.4 is 10.1 Å². The molecule has 0 saturated heterocycles. The fourth-order valence-corrected chi connectivity index (χ4v) is 3.25. The molecule has 0 aliphatic rings. The highest BCUT2D eigenvalue weighted by atomic mass is 19.1. The molecule has 3 N–H and O–H groups in total. The summed E-state index contributed by atoms with van der Waals surface area (Å²) >= 11 is 0. The predicted molar refractivity (Wildman–Crippen MR) is 119 cm³/mol. The second-order valence-electron chi connectivity index (χ2n) is 8.31. The van der Waals surface area contributed by atoms with Crippen LogP contribution in [0.2, 0.25) is 0 Å². The second kappa shape index (κ2) is 9.83. The maximum Gasteiger partial charge on any atom is 0.305 e. The Hall–Kier alpha value is -3.72. The van der Waals surface area contributed by atoms with Gasteiger partial charge in [0.15, 0.2) is 5.69 Å². The lowest BCUT2D eigenvalue weighted by molar-refractivity contribution is -0.137. The fraction of sp³-hybridized carbons (Fsp3) is 0.292. The van der Waals surface area contributed by atoms with Crippen LogP contribution in [0.5, 0.6) is 5.88 Å². The van der Waals surface area contributed by atoms with Gasteiger partial charge in [-0.05, 0) is 44.0 Å². The quantitative estimate of drug-likeness (QED) is 0.456. The lowest BCUT2D eigenvalue weighted by Crippen LogP contribution is -2.31. The van der Waals surface area contributed by atoms with Gasteiger partial charge in [0.05, 0.1) is 18.1 Å². The topological polar surface area (TPSA) is 114 Å². The molecule has 2 aromatic carbocycles. The van der Waals surface area contributed by atoms with Crippen LogP contribution in [-0.2, 0) is 4.79 Å². The molecule has 0 aliphatic heterocycles. The van der Waals surface area contributed by atoms with Crippen molar-refractivity contribution in [2.45, 2.75) is 38.8 Å². The van der Waals surface area contributed by atoms with Gasteiger partial charge in [0, 0.05) is 6.07 Å². The Morgan fingerprint density at radius 2 is 1.85 bits per heavy atom. The molecule has 1 aromatic heterocycles. The van der Waals surface area contributed by atoms with Crippen molar-refractivity contribution in [3.8, 4) is 11.6 Å². The zero-order valence-electron chi connectivity index (χ0n) is 18.6. The number of aliphatic carboxylic acids is 1. The Balaban J connectivity index is 1.95. The number of ether oxygens (including phenoxy) is 1. The molecule has 1 heterocycles. The number of aromatic nitrogens is 2. The zero-order chi connectivity index (χ0) is 24.2. The first-order valence-electron chi connectivity index (χ1n) is 10.3. The summed E-state index contributed by atoms with van der Waals surface area (Å²) in [4.78, 5) is 24.4. The van der Waals surface area contributed by atoms with Crippen LogP contribution in [-0.4, -0.2) is 44.1 Å². The van der Waals surface area contributed by atoms with Crippen molar-refractivity contribution in [1.29, 1.82) is 0 Å². The number of nitrogens with zero attached hydrogens (tertiary/aromatic N) is 2. The number of aliphatic hydroxyl groups is 1. The number of hydrogen-bond donors (Lipinski definition) is 3. The molecule has 0 bridgehead atoms. The molecule has 0 spiro atoms. The maximum atomic E-state index is 14.4. The van der Waals surface area contributed by atoms with Crippen molar-refractivity contribution in [2.75, 3.05) is 6.61 Å². The minimum absolute atomic E-state index is 0.0538. The van der Waals surface area contributed by atoms with Gasteiger partial charge in [-0.25, -0.2) is 4.39 Å². The molecular weight excluding hydrogens is 429 g/mol. The van der Waals surface area contributed by atoms with E-state index in [1.807, 2.05) is 19.1 Å². The minimum Gasteiger partial charge on any atom is -0.481 e. The normalized spacial score (nSPS) is 12.3. The monoisotopic (exact) mass is 455 g/mol. The van der Waals surface area contributed by atoms with E-state index < -0.39 is 29.3 Å². The summed E-state index contributed by atoms with van der Waals surface area (Å²) in [5, 5.41) is 26.2. The maximum absolute atomic E-state index is 14.4. The summed E-state index contributed by atoms with van der Waals surface area (Å²) < 4.78 is 21.2. The molecule has 33 heavy (non-hydrogen) atoms. The van der Waals surface area contributed by atoms with E-state index >= 15 is 0 Å². The number of para-hydroxylation sites is 1. The average molecular weight is 455 g/mol. The highest BCUT2D eigenvalue weighted by Crippen LogP contribution is 2.25. The van der Waals surface area contributed by atoms with Gasteiger partial charge in [0.2, 0.25) is 5.88 Å². The molecular formula is C24H26FN3O5. The van der Waals surface area contributed by atoms with E-state index in [1.165, 1.54) is 24.3 Å². The largest absolute Gasteiger partial charge is 0.481 e. The van der Waals surface area contributed by atoms with Crippen LogP contribution in [0.1, 0.15) is 47.9 Å². The summed E-state index contributed by atoms with van der Waals surface area (Å²) in [7, 11) is 0. The Labute approximate surface area is 190 Å². The van der Waals surface area contributed by atoms with Gasteiger partial charge in [0.25, 0.3) is 5.91 Å². The molecule has 0 aliphatic carbocycles. The second-order valence-corrected chi connectivity index (χ2v) is 8.31. The molecule has 1 atom stereocenters. The predicted octanol–water partition coefficient (Wildman–Crippen LogP) is 3.42. The Morgan fingerprint density at radius 1 is 1.18 bits per heavy atom. The van der Waals surface area contributed by atoms with Crippen LogP contribution in [0.3, 0.4) is 0 Å². The van der Waals surface area contributed by atoms with Crippen molar-refractivity contribution in [1.82, 2.24) is 15.1 Å². The number of carboxylic acid groups (broad SMARTS) is 1. The molecule has 0 unspecified atom stereocenters. The van der Waals surface area contributed by atoms with Crippen LogP contribution in [0.15, 0.2) is 54.6 Å². The van der Waals surface area contributed by atoms with Crippen molar-refractivity contribution in [3.63, 3.8) is 0 Å². The van der Waals surface area contributed by atoms with Gasteiger partial charge in [-0.2, -0.15) is 9.78 Å².